The molecule has 2 aromatic rings. The van der Waals surface area contributed by atoms with Crippen LogP contribution in [0.15, 0.2) is 64.6 Å². The molecule has 124 valence electrons. The molecule has 1 aromatic heterocycles. The zero-order chi connectivity index (χ0) is 16.9. The molecule has 0 fully saturated rings. The molecule has 1 aliphatic rings. The Morgan fingerprint density at radius 1 is 1.25 bits per heavy atom. The first-order valence-corrected chi connectivity index (χ1v) is 7.65. The first-order chi connectivity index (χ1) is 11.7. The van der Waals surface area contributed by atoms with Gasteiger partial charge in [0.15, 0.2) is 0 Å². The van der Waals surface area contributed by atoms with Crippen LogP contribution in [0.2, 0.25) is 0 Å². The Balaban J connectivity index is 1.76. The van der Waals surface area contributed by atoms with E-state index in [2.05, 4.69) is 26.3 Å². The van der Waals surface area contributed by atoms with Crippen LogP contribution in [0.25, 0.3) is 0 Å². The van der Waals surface area contributed by atoms with E-state index >= 15 is 0 Å². The van der Waals surface area contributed by atoms with Gasteiger partial charge in [-0.15, -0.1) is 10.2 Å². The van der Waals surface area contributed by atoms with Gasteiger partial charge < -0.3 is 15.7 Å². The summed E-state index contributed by atoms with van der Waals surface area (Å²) < 4.78 is 1.71. The Bertz CT molecular complexity index is 805. The second kappa shape index (κ2) is 7.10. The number of aliphatic hydroxyl groups is 1. The SMILES string of the molecule is CN1C=CC=C(Cn2ncc(/N=N/c3ccccc3CO)c2N)C1. The lowest BCUT2D eigenvalue weighted by atomic mass is 10.2. The van der Waals surface area contributed by atoms with Crippen LogP contribution in [0.1, 0.15) is 5.56 Å². The molecule has 0 spiro atoms. The number of hydrogen-bond donors (Lipinski definition) is 2. The van der Waals surface area contributed by atoms with Gasteiger partial charge in [-0.25, -0.2) is 4.68 Å². The largest absolute Gasteiger partial charge is 0.392 e. The number of anilines is 1. The van der Waals surface area contributed by atoms with Crippen LogP contribution in [0.3, 0.4) is 0 Å². The molecule has 0 bridgehead atoms. The molecule has 0 amide bonds. The quantitative estimate of drug-likeness (QED) is 0.827. The Morgan fingerprint density at radius 3 is 2.83 bits per heavy atom. The van der Waals surface area contributed by atoms with Crippen LogP contribution in [-0.2, 0) is 13.2 Å². The highest BCUT2D eigenvalue weighted by molar-refractivity contribution is 5.57. The van der Waals surface area contributed by atoms with Gasteiger partial charge in [-0.1, -0.05) is 24.3 Å². The second-order valence-electron chi connectivity index (χ2n) is 5.64. The number of aromatic nitrogens is 2. The standard InChI is InChI=1S/C17H20N6O/c1-22-8-4-5-13(10-22)11-23-17(18)16(9-19-23)21-20-15-7-3-2-6-14(15)12-24/h2-9,24H,10-12,18H2,1H3/b21-20+. The van der Waals surface area contributed by atoms with Crippen molar-refractivity contribution >= 4 is 17.2 Å². The summed E-state index contributed by atoms with van der Waals surface area (Å²) in [5.74, 6) is 0.471. The van der Waals surface area contributed by atoms with E-state index in [1.54, 1.807) is 23.0 Å². The fourth-order valence-electron chi connectivity index (χ4n) is 2.48. The highest BCUT2D eigenvalue weighted by Gasteiger charge is 2.11. The van der Waals surface area contributed by atoms with Gasteiger partial charge in [-0.05, 0) is 23.9 Å². The Hall–Kier alpha value is -2.93. The summed E-state index contributed by atoms with van der Waals surface area (Å²) in [7, 11) is 2.02. The molecule has 0 unspecified atom stereocenters. The minimum Gasteiger partial charge on any atom is -0.392 e. The van der Waals surface area contributed by atoms with Crippen molar-refractivity contribution in [3.05, 3.63) is 60.0 Å². The number of nitrogen functional groups attached to an aromatic ring is 1. The molecule has 0 saturated carbocycles. The molecule has 0 saturated heterocycles. The maximum absolute atomic E-state index is 9.32. The van der Waals surface area contributed by atoms with Crippen LogP contribution >= 0.6 is 0 Å². The number of azo groups is 1. The average molecular weight is 324 g/mol. The third kappa shape index (κ3) is 3.52. The van der Waals surface area contributed by atoms with E-state index in [0.717, 1.165) is 12.1 Å². The van der Waals surface area contributed by atoms with Crippen molar-refractivity contribution in [1.29, 1.82) is 0 Å². The lowest BCUT2D eigenvalue weighted by molar-refractivity contribution is 0.282. The van der Waals surface area contributed by atoms with E-state index in [0.29, 0.717) is 23.7 Å². The summed E-state index contributed by atoms with van der Waals surface area (Å²) in [6.45, 7) is 1.37. The molecule has 1 aromatic carbocycles. The normalized spacial score (nSPS) is 14.4. The third-order valence-corrected chi connectivity index (χ3v) is 3.77. The fraction of sp³-hybridized carbons (Fsp3) is 0.235. The lowest BCUT2D eigenvalue weighted by Crippen LogP contribution is -2.20. The zero-order valence-corrected chi connectivity index (χ0v) is 13.5. The van der Waals surface area contributed by atoms with Gasteiger partial charge in [0.1, 0.15) is 11.5 Å². The van der Waals surface area contributed by atoms with Crippen molar-refractivity contribution in [2.45, 2.75) is 13.2 Å². The van der Waals surface area contributed by atoms with Gasteiger partial charge in [0.2, 0.25) is 0 Å². The van der Waals surface area contributed by atoms with Crippen molar-refractivity contribution in [1.82, 2.24) is 14.7 Å². The van der Waals surface area contributed by atoms with Crippen molar-refractivity contribution in [3.63, 3.8) is 0 Å². The Labute approximate surface area is 140 Å². The van der Waals surface area contributed by atoms with Crippen molar-refractivity contribution < 1.29 is 5.11 Å². The molecule has 3 rings (SSSR count). The number of hydrogen-bond acceptors (Lipinski definition) is 6. The number of aliphatic hydroxyl groups excluding tert-OH is 1. The number of allylic oxidation sites excluding steroid dienone is 2. The smallest absolute Gasteiger partial charge is 0.150 e. The molecule has 24 heavy (non-hydrogen) atoms. The first kappa shape index (κ1) is 15.9. The average Bonchev–Trinajstić information content (AvgIpc) is 2.93. The molecular formula is C17H20N6O. The van der Waals surface area contributed by atoms with E-state index in [9.17, 15) is 5.11 Å². The van der Waals surface area contributed by atoms with E-state index in [-0.39, 0.29) is 6.61 Å². The van der Waals surface area contributed by atoms with Crippen LogP contribution in [0.4, 0.5) is 17.2 Å². The molecule has 1 aliphatic heterocycles. The van der Waals surface area contributed by atoms with Crippen LogP contribution < -0.4 is 5.73 Å². The van der Waals surface area contributed by atoms with Gasteiger partial charge in [0.05, 0.1) is 25.0 Å². The number of likely N-dealkylation sites (N-methyl/N-ethyl adjacent to an activating group) is 1. The molecule has 7 nitrogen and oxygen atoms in total. The summed E-state index contributed by atoms with van der Waals surface area (Å²) in [6, 6.07) is 7.30. The number of benzene rings is 1. The van der Waals surface area contributed by atoms with Crippen molar-refractivity contribution in [2.75, 3.05) is 19.3 Å². The predicted molar refractivity (Wildman–Crippen MR) is 93.0 cm³/mol. The van der Waals surface area contributed by atoms with Gasteiger partial charge >= 0.3 is 0 Å². The van der Waals surface area contributed by atoms with Crippen LogP contribution in [0.5, 0.6) is 0 Å². The first-order valence-electron chi connectivity index (χ1n) is 7.65. The summed E-state index contributed by atoms with van der Waals surface area (Å²) in [4.78, 5) is 2.10. The molecular weight excluding hydrogens is 304 g/mol. The van der Waals surface area contributed by atoms with Gasteiger partial charge in [-0.3, -0.25) is 0 Å². The highest BCUT2D eigenvalue weighted by Crippen LogP contribution is 2.26. The minimum atomic E-state index is -0.0842. The highest BCUT2D eigenvalue weighted by atomic mass is 16.3. The molecule has 3 N–H and O–H groups in total. The zero-order valence-electron chi connectivity index (χ0n) is 13.5. The van der Waals surface area contributed by atoms with E-state index in [1.807, 2.05) is 31.5 Å². The second-order valence-corrected chi connectivity index (χ2v) is 5.64. The van der Waals surface area contributed by atoms with Crippen molar-refractivity contribution in [2.24, 2.45) is 10.2 Å². The Kier molecular flexibility index (Phi) is 4.72. The van der Waals surface area contributed by atoms with Gasteiger partial charge in [-0.2, -0.15) is 5.10 Å². The molecule has 0 atom stereocenters. The Morgan fingerprint density at radius 2 is 2.04 bits per heavy atom. The van der Waals surface area contributed by atoms with Gasteiger partial charge in [0.25, 0.3) is 0 Å². The monoisotopic (exact) mass is 324 g/mol. The summed E-state index contributed by atoms with van der Waals surface area (Å²) in [6.07, 6.45) is 7.70. The van der Waals surface area contributed by atoms with Crippen LogP contribution in [0, 0.1) is 0 Å². The number of nitrogens with two attached hydrogens (primary N) is 1. The fourth-order valence-corrected chi connectivity index (χ4v) is 2.48. The maximum Gasteiger partial charge on any atom is 0.150 e. The summed E-state index contributed by atoms with van der Waals surface area (Å²) in [5, 5.41) is 22.0. The minimum absolute atomic E-state index is 0.0842. The van der Waals surface area contributed by atoms with Crippen molar-refractivity contribution in [3.8, 4) is 0 Å². The number of rotatable bonds is 5. The van der Waals surface area contributed by atoms with Crippen LogP contribution in [-0.4, -0.2) is 33.4 Å². The molecule has 0 aliphatic carbocycles. The molecule has 0 radical (unpaired) electrons. The maximum atomic E-state index is 9.32. The van der Waals surface area contributed by atoms with E-state index in [4.69, 9.17) is 5.73 Å². The lowest BCUT2D eigenvalue weighted by Gasteiger charge is -2.20. The van der Waals surface area contributed by atoms with E-state index < -0.39 is 0 Å². The summed E-state index contributed by atoms with van der Waals surface area (Å²) in [5.41, 5.74) is 9.19. The summed E-state index contributed by atoms with van der Waals surface area (Å²) >= 11 is 0. The van der Waals surface area contributed by atoms with Gasteiger partial charge in [0, 0.05) is 19.2 Å². The topological polar surface area (TPSA) is 92.0 Å². The number of nitrogens with zero attached hydrogens (tertiary/aromatic N) is 5. The molecule has 2 heterocycles. The molecule has 7 heteroatoms. The third-order valence-electron chi connectivity index (χ3n) is 3.77. The van der Waals surface area contributed by atoms with E-state index in [1.165, 1.54) is 5.57 Å². The predicted octanol–water partition coefficient (Wildman–Crippen LogP) is 2.76.